The summed E-state index contributed by atoms with van der Waals surface area (Å²) in [6, 6.07) is 8.49. The fraction of sp³-hybridized carbons (Fsp3) is 0.588. The van der Waals surface area contributed by atoms with E-state index in [0.717, 1.165) is 25.7 Å². The van der Waals surface area contributed by atoms with Crippen LogP contribution in [0.2, 0.25) is 0 Å². The maximum absolute atomic E-state index is 11.8. The minimum Gasteiger partial charge on any atom is -0.466 e. The first kappa shape index (κ1) is 15.7. The van der Waals surface area contributed by atoms with Crippen molar-refractivity contribution in [2.45, 2.75) is 58.8 Å². The van der Waals surface area contributed by atoms with Crippen LogP contribution in [0.1, 0.15) is 63.0 Å². The molecule has 0 amide bonds. The van der Waals surface area contributed by atoms with Gasteiger partial charge in [-0.05, 0) is 31.2 Å². The zero-order chi connectivity index (χ0) is 14.1. The van der Waals surface area contributed by atoms with Gasteiger partial charge in [0.05, 0.1) is 13.0 Å². The molecule has 0 radical (unpaired) electrons. The summed E-state index contributed by atoms with van der Waals surface area (Å²) in [6.45, 7) is 6.89. The van der Waals surface area contributed by atoms with Crippen molar-refractivity contribution in [3.8, 4) is 0 Å². The highest BCUT2D eigenvalue weighted by molar-refractivity contribution is 5.70. The molecule has 0 aliphatic heterocycles. The number of carbonyl (C=O) groups excluding carboxylic acids is 1. The Bertz CT molecular complexity index is 367. The van der Waals surface area contributed by atoms with Crippen molar-refractivity contribution in [2.75, 3.05) is 6.61 Å². The fourth-order valence-corrected chi connectivity index (χ4v) is 2.16. The standard InChI is InChI=1S/C17H26O2/c1-4-6-12-19-17(18)13-16(7-5-2)15-10-8-14(3)9-11-15/h8-11,16H,4-7,12-13H2,1-3H3. The molecule has 1 aromatic carbocycles. The first-order valence-corrected chi connectivity index (χ1v) is 7.39. The molecule has 2 heteroatoms. The van der Waals surface area contributed by atoms with Crippen molar-refractivity contribution in [1.29, 1.82) is 0 Å². The molecular weight excluding hydrogens is 236 g/mol. The average Bonchev–Trinajstić information content (AvgIpc) is 2.39. The van der Waals surface area contributed by atoms with E-state index in [1.54, 1.807) is 0 Å². The average molecular weight is 262 g/mol. The van der Waals surface area contributed by atoms with E-state index in [2.05, 4.69) is 45.0 Å². The monoisotopic (exact) mass is 262 g/mol. The predicted molar refractivity (Wildman–Crippen MR) is 79.3 cm³/mol. The van der Waals surface area contributed by atoms with Gasteiger partial charge in [0.15, 0.2) is 0 Å². The van der Waals surface area contributed by atoms with Crippen molar-refractivity contribution >= 4 is 5.97 Å². The normalized spacial score (nSPS) is 12.2. The summed E-state index contributed by atoms with van der Waals surface area (Å²) in [7, 11) is 0. The number of benzene rings is 1. The van der Waals surface area contributed by atoms with Gasteiger partial charge in [-0.2, -0.15) is 0 Å². The van der Waals surface area contributed by atoms with Crippen molar-refractivity contribution in [2.24, 2.45) is 0 Å². The number of ether oxygens (including phenoxy) is 1. The number of carbonyl (C=O) groups is 1. The van der Waals surface area contributed by atoms with Crippen LogP contribution in [0.4, 0.5) is 0 Å². The molecule has 1 aromatic rings. The zero-order valence-electron chi connectivity index (χ0n) is 12.4. The highest BCUT2D eigenvalue weighted by Crippen LogP contribution is 2.25. The third-order valence-corrected chi connectivity index (χ3v) is 3.36. The lowest BCUT2D eigenvalue weighted by molar-refractivity contribution is -0.144. The van der Waals surface area contributed by atoms with E-state index in [1.165, 1.54) is 11.1 Å². The van der Waals surface area contributed by atoms with Crippen LogP contribution in [0.5, 0.6) is 0 Å². The molecule has 1 unspecified atom stereocenters. The highest BCUT2D eigenvalue weighted by atomic mass is 16.5. The second kappa shape index (κ2) is 8.73. The quantitative estimate of drug-likeness (QED) is 0.505. The second-order valence-corrected chi connectivity index (χ2v) is 5.17. The Balaban J connectivity index is 2.57. The molecule has 106 valence electrons. The molecule has 0 fully saturated rings. The van der Waals surface area contributed by atoms with Crippen LogP contribution in [0.15, 0.2) is 24.3 Å². The molecule has 0 heterocycles. The minimum absolute atomic E-state index is 0.0625. The van der Waals surface area contributed by atoms with Gasteiger partial charge in [0.1, 0.15) is 0 Å². The molecular formula is C17H26O2. The summed E-state index contributed by atoms with van der Waals surface area (Å²) in [5.41, 5.74) is 2.50. The van der Waals surface area contributed by atoms with Gasteiger partial charge in [-0.15, -0.1) is 0 Å². The smallest absolute Gasteiger partial charge is 0.306 e. The van der Waals surface area contributed by atoms with Gasteiger partial charge in [-0.1, -0.05) is 56.5 Å². The Kier molecular flexibility index (Phi) is 7.24. The van der Waals surface area contributed by atoms with Gasteiger partial charge >= 0.3 is 5.97 Å². The summed E-state index contributed by atoms with van der Waals surface area (Å²) < 4.78 is 5.27. The Morgan fingerprint density at radius 1 is 1.16 bits per heavy atom. The zero-order valence-corrected chi connectivity index (χ0v) is 12.4. The SMILES string of the molecule is CCCCOC(=O)CC(CCC)c1ccc(C)cc1. The Hall–Kier alpha value is -1.31. The van der Waals surface area contributed by atoms with Crippen LogP contribution in [0, 0.1) is 6.92 Å². The molecule has 0 N–H and O–H groups in total. The van der Waals surface area contributed by atoms with Gasteiger partial charge in [0, 0.05) is 0 Å². The largest absolute Gasteiger partial charge is 0.466 e. The summed E-state index contributed by atoms with van der Waals surface area (Å²) in [5, 5.41) is 0. The molecule has 0 saturated heterocycles. The summed E-state index contributed by atoms with van der Waals surface area (Å²) in [5.74, 6) is 0.229. The Morgan fingerprint density at radius 3 is 2.42 bits per heavy atom. The van der Waals surface area contributed by atoms with Crippen LogP contribution < -0.4 is 0 Å². The Morgan fingerprint density at radius 2 is 1.84 bits per heavy atom. The van der Waals surface area contributed by atoms with Crippen LogP contribution in [-0.2, 0) is 9.53 Å². The molecule has 0 saturated carbocycles. The number of rotatable bonds is 8. The summed E-state index contributed by atoms with van der Waals surface area (Å²) in [4.78, 5) is 11.8. The first-order valence-electron chi connectivity index (χ1n) is 7.39. The molecule has 0 aliphatic carbocycles. The van der Waals surface area contributed by atoms with Crippen molar-refractivity contribution < 1.29 is 9.53 Å². The molecule has 0 bridgehead atoms. The lowest BCUT2D eigenvalue weighted by Crippen LogP contribution is -2.11. The highest BCUT2D eigenvalue weighted by Gasteiger charge is 2.16. The van der Waals surface area contributed by atoms with E-state index in [4.69, 9.17) is 4.74 Å². The molecule has 2 nitrogen and oxygen atoms in total. The lowest BCUT2D eigenvalue weighted by atomic mass is 9.91. The lowest BCUT2D eigenvalue weighted by Gasteiger charge is -2.16. The van der Waals surface area contributed by atoms with Gasteiger partial charge in [-0.3, -0.25) is 4.79 Å². The molecule has 19 heavy (non-hydrogen) atoms. The second-order valence-electron chi connectivity index (χ2n) is 5.17. The van der Waals surface area contributed by atoms with E-state index in [0.29, 0.717) is 18.9 Å². The van der Waals surface area contributed by atoms with Crippen molar-refractivity contribution in [3.05, 3.63) is 35.4 Å². The van der Waals surface area contributed by atoms with Gasteiger partial charge in [0.2, 0.25) is 0 Å². The summed E-state index contributed by atoms with van der Waals surface area (Å²) >= 11 is 0. The molecule has 0 aliphatic rings. The molecule has 0 spiro atoms. The number of hydrogen-bond donors (Lipinski definition) is 0. The van der Waals surface area contributed by atoms with Crippen LogP contribution >= 0.6 is 0 Å². The van der Waals surface area contributed by atoms with Crippen molar-refractivity contribution in [3.63, 3.8) is 0 Å². The maximum atomic E-state index is 11.8. The van der Waals surface area contributed by atoms with Crippen LogP contribution in [0.3, 0.4) is 0 Å². The third kappa shape index (κ3) is 5.91. The molecule has 1 rings (SSSR count). The molecule has 1 atom stereocenters. The summed E-state index contributed by atoms with van der Waals surface area (Å²) in [6.07, 6.45) is 4.63. The fourth-order valence-electron chi connectivity index (χ4n) is 2.16. The number of aryl methyl sites for hydroxylation is 1. The topological polar surface area (TPSA) is 26.3 Å². The van der Waals surface area contributed by atoms with E-state index in [-0.39, 0.29) is 5.97 Å². The van der Waals surface area contributed by atoms with E-state index in [9.17, 15) is 4.79 Å². The maximum Gasteiger partial charge on any atom is 0.306 e. The number of unbranched alkanes of at least 4 members (excludes halogenated alkanes) is 1. The van der Waals surface area contributed by atoms with E-state index >= 15 is 0 Å². The Labute approximate surface area is 117 Å². The van der Waals surface area contributed by atoms with Crippen LogP contribution in [-0.4, -0.2) is 12.6 Å². The molecule has 0 aromatic heterocycles. The van der Waals surface area contributed by atoms with Crippen LogP contribution in [0.25, 0.3) is 0 Å². The number of hydrogen-bond acceptors (Lipinski definition) is 2. The van der Waals surface area contributed by atoms with E-state index in [1.807, 2.05) is 0 Å². The number of esters is 1. The van der Waals surface area contributed by atoms with Gasteiger partial charge in [-0.25, -0.2) is 0 Å². The van der Waals surface area contributed by atoms with E-state index < -0.39 is 0 Å². The predicted octanol–water partition coefficient (Wildman–Crippen LogP) is 4.61. The minimum atomic E-state index is -0.0625. The van der Waals surface area contributed by atoms with Gasteiger partial charge < -0.3 is 4.74 Å². The first-order chi connectivity index (χ1) is 9.17. The van der Waals surface area contributed by atoms with Crippen molar-refractivity contribution in [1.82, 2.24) is 0 Å². The third-order valence-electron chi connectivity index (χ3n) is 3.36. The van der Waals surface area contributed by atoms with Gasteiger partial charge in [0.25, 0.3) is 0 Å².